The molecule has 0 spiro atoms. The molecular weight excluding hydrogens is 454 g/mol. The molecule has 5 aromatic rings. The van der Waals surface area contributed by atoms with Gasteiger partial charge in [-0.05, 0) is 42.0 Å². The van der Waals surface area contributed by atoms with Gasteiger partial charge in [-0.2, -0.15) is 0 Å². The zero-order chi connectivity index (χ0) is 24.9. The van der Waals surface area contributed by atoms with Crippen molar-refractivity contribution in [1.29, 1.82) is 0 Å². The van der Waals surface area contributed by atoms with Crippen LogP contribution >= 0.6 is 0 Å². The van der Waals surface area contributed by atoms with Crippen LogP contribution in [0.2, 0.25) is 0 Å². The molecule has 1 atom stereocenters. The summed E-state index contributed by atoms with van der Waals surface area (Å²) >= 11 is 0. The highest BCUT2D eigenvalue weighted by atomic mass is 16.5. The summed E-state index contributed by atoms with van der Waals surface area (Å²) in [6.45, 7) is 0.317. The number of fused-ring (bicyclic) bond motifs is 2. The Balaban J connectivity index is 1.23. The molecule has 0 aliphatic carbocycles. The number of carbonyl (C=O) groups is 2. The number of hydrogen-bond donors (Lipinski definition) is 2. The van der Waals surface area contributed by atoms with Crippen LogP contribution in [0.15, 0.2) is 97.2 Å². The van der Waals surface area contributed by atoms with E-state index in [1.165, 1.54) is 0 Å². The van der Waals surface area contributed by atoms with Gasteiger partial charge in [-0.3, -0.25) is 9.78 Å². The molecule has 7 heteroatoms. The van der Waals surface area contributed by atoms with Gasteiger partial charge in [0.25, 0.3) is 5.91 Å². The molecule has 2 aromatic heterocycles. The van der Waals surface area contributed by atoms with Crippen molar-refractivity contribution < 1.29 is 19.4 Å². The average molecular weight is 478 g/mol. The summed E-state index contributed by atoms with van der Waals surface area (Å²) in [5, 5.41) is 14.1. The van der Waals surface area contributed by atoms with Gasteiger partial charge < -0.3 is 15.2 Å². The number of amides is 1. The molecule has 3 aromatic carbocycles. The van der Waals surface area contributed by atoms with Crippen molar-refractivity contribution in [3.8, 4) is 5.75 Å². The summed E-state index contributed by atoms with van der Waals surface area (Å²) in [7, 11) is 0. The van der Waals surface area contributed by atoms with E-state index in [1.54, 1.807) is 48.7 Å². The summed E-state index contributed by atoms with van der Waals surface area (Å²) in [6.07, 6.45) is 1.68. The smallest absolute Gasteiger partial charge is 0.326 e. The van der Waals surface area contributed by atoms with Gasteiger partial charge in [-0.15, -0.1) is 0 Å². The van der Waals surface area contributed by atoms with E-state index in [0.29, 0.717) is 28.8 Å². The second kappa shape index (κ2) is 10.2. The Kier molecular flexibility index (Phi) is 6.53. The van der Waals surface area contributed by atoms with Gasteiger partial charge in [0.15, 0.2) is 0 Å². The molecule has 0 saturated carbocycles. The van der Waals surface area contributed by atoms with Gasteiger partial charge in [0.2, 0.25) is 0 Å². The number of carbonyl (C=O) groups excluding carboxylic acids is 1. The lowest BCUT2D eigenvalue weighted by atomic mass is 10.0. The normalized spacial score (nSPS) is 11.8. The molecule has 1 unspecified atom stereocenters. The Morgan fingerprint density at radius 1 is 0.861 bits per heavy atom. The second-order valence-electron chi connectivity index (χ2n) is 8.37. The third-order valence-electron chi connectivity index (χ3n) is 5.90. The van der Waals surface area contributed by atoms with Gasteiger partial charge in [0.05, 0.1) is 22.3 Å². The van der Waals surface area contributed by atoms with Gasteiger partial charge in [-0.1, -0.05) is 54.6 Å². The van der Waals surface area contributed by atoms with Gasteiger partial charge in [0.1, 0.15) is 18.4 Å². The minimum Gasteiger partial charge on any atom is -0.487 e. The Bertz CT molecular complexity index is 1540. The highest BCUT2D eigenvalue weighted by Gasteiger charge is 2.22. The zero-order valence-electron chi connectivity index (χ0n) is 19.3. The molecule has 2 heterocycles. The van der Waals surface area contributed by atoms with Crippen molar-refractivity contribution in [2.24, 2.45) is 0 Å². The first-order chi connectivity index (χ1) is 17.6. The lowest BCUT2D eigenvalue weighted by Gasteiger charge is -2.16. The minimum atomic E-state index is -1.11. The van der Waals surface area contributed by atoms with Crippen molar-refractivity contribution in [3.63, 3.8) is 0 Å². The minimum absolute atomic E-state index is 0.136. The van der Waals surface area contributed by atoms with Crippen LogP contribution in [0.1, 0.15) is 21.6 Å². The SMILES string of the molecule is O=C(NC(Cc1ccc(OCc2ccc3ccccc3n2)cc1)C(=O)O)c1ccnc2ccccc12. The summed E-state index contributed by atoms with van der Waals surface area (Å²) in [6, 6.07) is 26.8. The maximum Gasteiger partial charge on any atom is 0.326 e. The fourth-order valence-corrected chi connectivity index (χ4v) is 4.03. The number of carboxylic acid groups (broad SMARTS) is 1. The van der Waals surface area contributed by atoms with Crippen LogP contribution in [0, 0.1) is 0 Å². The van der Waals surface area contributed by atoms with Crippen molar-refractivity contribution >= 4 is 33.7 Å². The van der Waals surface area contributed by atoms with Crippen molar-refractivity contribution in [3.05, 3.63) is 114 Å². The Hall–Kier alpha value is -4.78. The lowest BCUT2D eigenvalue weighted by Crippen LogP contribution is -2.42. The second-order valence-corrected chi connectivity index (χ2v) is 8.37. The number of pyridine rings is 2. The van der Waals surface area contributed by atoms with E-state index in [-0.39, 0.29) is 6.42 Å². The number of nitrogens with one attached hydrogen (secondary N) is 1. The van der Waals surface area contributed by atoms with Crippen LogP contribution < -0.4 is 10.1 Å². The predicted octanol–water partition coefficient (Wildman–Crippen LogP) is 4.79. The standard InChI is InChI=1S/C29H23N3O4/c33-28(24-15-16-30-26-8-4-2-6-23(24)26)32-27(29(34)35)17-19-9-13-22(14-10-19)36-18-21-12-11-20-5-1-3-7-25(20)31-21/h1-16,27H,17-18H2,(H,32,33)(H,34,35). The third-order valence-corrected chi connectivity index (χ3v) is 5.90. The Labute approximate surface area is 207 Å². The molecule has 178 valence electrons. The summed E-state index contributed by atoms with van der Waals surface area (Å²) in [5.41, 5.74) is 3.55. The topological polar surface area (TPSA) is 101 Å². The van der Waals surface area contributed by atoms with E-state index in [1.807, 2.05) is 48.5 Å². The third kappa shape index (κ3) is 5.15. The molecule has 0 fully saturated rings. The molecule has 0 aliphatic heterocycles. The quantitative estimate of drug-likeness (QED) is 0.333. The van der Waals surface area contributed by atoms with Crippen LogP contribution in [0.5, 0.6) is 5.75 Å². The molecule has 0 saturated heterocycles. The summed E-state index contributed by atoms with van der Waals surface area (Å²) in [4.78, 5) is 33.6. The van der Waals surface area contributed by atoms with Crippen LogP contribution in [-0.2, 0) is 17.8 Å². The molecule has 7 nitrogen and oxygen atoms in total. The van der Waals surface area contributed by atoms with E-state index in [2.05, 4.69) is 15.3 Å². The molecular formula is C29H23N3O4. The molecule has 0 bridgehead atoms. The van der Waals surface area contributed by atoms with Crippen LogP contribution in [0.25, 0.3) is 21.8 Å². The number of aromatic nitrogens is 2. The number of nitrogens with zero attached hydrogens (tertiary/aromatic N) is 2. The molecule has 2 N–H and O–H groups in total. The van der Waals surface area contributed by atoms with Crippen LogP contribution in [0.4, 0.5) is 0 Å². The molecule has 36 heavy (non-hydrogen) atoms. The first-order valence-corrected chi connectivity index (χ1v) is 11.5. The van der Waals surface area contributed by atoms with Crippen LogP contribution in [0.3, 0.4) is 0 Å². The summed E-state index contributed by atoms with van der Waals surface area (Å²) < 4.78 is 5.86. The fourth-order valence-electron chi connectivity index (χ4n) is 4.03. The lowest BCUT2D eigenvalue weighted by molar-refractivity contribution is -0.139. The number of carboxylic acids is 1. The number of aliphatic carboxylic acids is 1. The molecule has 1 amide bonds. The van der Waals surface area contributed by atoms with Gasteiger partial charge in [0, 0.05) is 23.4 Å². The zero-order valence-corrected chi connectivity index (χ0v) is 19.3. The fraction of sp³-hybridized carbons (Fsp3) is 0.103. The number of rotatable bonds is 8. The Morgan fingerprint density at radius 3 is 2.42 bits per heavy atom. The van der Waals surface area contributed by atoms with Crippen molar-refractivity contribution in [2.45, 2.75) is 19.1 Å². The number of ether oxygens (including phenoxy) is 1. The largest absolute Gasteiger partial charge is 0.487 e. The number of para-hydroxylation sites is 2. The maximum atomic E-state index is 12.9. The number of benzene rings is 3. The van der Waals surface area contributed by atoms with Crippen molar-refractivity contribution in [2.75, 3.05) is 0 Å². The first kappa shape index (κ1) is 23.0. The highest BCUT2D eigenvalue weighted by Crippen LogP contribution is 2.19. The van der Waals surface area contributed by atoms with E-state index >= 15 is 0 Å². The van der Waals surface area contributed by atoms with E-state index in [0.717, 1.165) is 22.2 Å². The maximum absolute atomic E-state index is 12.9. The van der Waals surface area contributed by atoms with Crippen LogP contribution in [-0.4, -0.2) is 33.0 Å². The Morgan fingerprint density at radius 2 is 1.61 bits per heavy atom. The predicted molar refractivity (Wildman–Crippen MR) is 137 cm³/mol. The number of hydrogen-bond acceptors (Lipinski definition) is 5. The van der Waals surface area contributed by atoms with Crippen molar-refractivity contribution in [1.82, 2.24) is 15.3 Å². The molecule has 0 aliphatic rings. The monoisotopic (exact) mass is 477 g/mol. The van der Waals surface area contributed by atoms with E-state index < -0.39 is 17.9 Å². The van der Waals surface area contributed by atoms with Gasteiger partial charge in [-0.25, -0.2) is 9.78 Å². The van der Waals surface area contributed by atoms with E-state index in [4.69, 9.17) is 4.74 Å². The van der Waals surface area contributed by atoms with Gasteiger partial charge >= 0.3 is 5.97 Å². The molecule has 0 radical (unpaired) electrons. The highest BCUT2D eigenvalue weighted by molar-refractivity contribution is 6.07. The average Bonchev–Trinajstić information content (AvgIpc) is 2.91. The summed E-state index contributed by atoms with van der Waals surface area (Å²) in [5.74, 6) is -0.916. The van der Waals surface area contributed by atoms with E-state index in [9.17, 15) is 14.7 Å². The first-order valence-electron chi connectivity index (χ1n) is 11.5. The molecule has 5 rings (SSSR count).